The van der Waals surface area contributed by atoms with Gasteiger partial charge in [0.2, 0.25) is 0 Å². The van der Waals surface area contributed by atoms with Crippen LogP contribution in [0.3, 0.4) is 0 Å². The highest BCUT2D eigenvalue weighted by atomic mass is 35.5. The van der Waals surface area contributed by atoms with E-state index in [1.807, 2.05) is 24.3 Å². The van der Waals surface area contributed by atoms with Crippen molar-refractivity contribution in [1.29, 1.82) is 0 Å². The van der Waals surface area contributed by atoms with Gasteiger partial charge in [0.25, 0.3) is 0 Å². The number of hydrogen-bond donors (Lipinski definition) is 1. The van der Waals surface area contributed by atoms with E-state index < -0.39 is 6.10 Å². The van der Waals surface area contributed by atoms with Crippen molar-refractivity contribution in [2.24, 2.45) is 0 Å². The Balaban J connectivity index is 1.83. The van der Waals surface area contributed by atoms with Crippen LogP contribution in [0.5, 0.6) is 0 Å². The maximum Gasteiger partial charge on any atom is 0.0802 e. The Hall–Kier alpha value is -0.610. The van der Waals surface area contributed by atoms with Crippen LogP contribution >= 0.6 is 11.6 Å². The summed E-state index contributed by atoms with van der Waals surface area (Å²) in [7, 11) is 0. The zero-order chi connectivity index (χ0) is 13.9. The zero-order valence-electron chi connectivity index (χ0n) is 11.6. The minimum Gasteiger partial charge on any atom is -0.388 e. The first-order chi connectivity index (χ1) is 8.96. The van der Waals surface area contributed by atoms with Gasteiger partial charge in [-0.3, -0.25) is 4.90 Å². The second-order valence-electron chi connectivity index (χ2n) is 5.74. The van der Waals surface area contributed by atoms with E-state index in [9.17, 15) is 5.11 Å². The van der Waals surface area contributed by atoms with E-state index in [4.69, 9.17) is 16.3 Å². The van der Waals surface area contributed by atoms with Gasteiger partial charge in [-0.15, -0.1) is 0 Å². The van der Waals surface area contributed by atoms with E-state index >= 15 is 0 Å². The van der Waals surface area contributed by atoms with Crippen LogP contribution in [-0.4, -0.2) is 41.8 Å². The third kappa shape index (κ3) is 4.46. The highest BCUT2D eigenvalue weighted by molar-refractivity contribution is 6.30. The number of aliphatic hydroxyl groups is 1. The molecule has 1 aromatic carbocycles. The molecule has 1 aromatic rings. The van der Waals surface area contributed by atoms with Crippen LogP contribution < -0.4 is 0 Å². The predicted molar refractivity (Wildman–Crippen MR) is 77.5 cm³/mol. The lowest BCUT2D eigenvalue weighted by Gasteiger charge is -2.38. The van der Waals surface area contributed by atoms with Crippen LogP contribution in [0.2, 0.25) is 5.02 Å². The molecule has 1 aliphatic rings. The fraction of sp³-hybridized carbons (Fsp3) is 0.600. The molecule has 0 amide bonds. The number of morpholine rings is 1. The summed E-state index contributed by atoms with van der Waals surface area (Å²) >= 11 is 5.84. The Morgan fingerprint density at radius 2 is 2.05 bits per heavy atom. The second-order valence-corrected chi connectivity index (χ2v) is 6.18. The molecule has 19 heavy (non-hydrogen) atoms. The molecular weight excluding hydrogens is 262 g/mol. The van der Waals surface area contributed by atoms with Crippen molar-refractivity contribution in [2.45, 2.75) is 32.0 Å². The van der Waals surface area contributed by atoms with Crippen LogP contribution in [0.15, 0.2) is 24.3 Å². The Bertz CT molecular complexity index is 405. The van der Waals surface area contributed by atoms with Crippen LogP contribution in [0.25, 0.3) is 0 Å². The molecule has 1 unspecified atom stereocenters. The number of halogens is 1. The molecule has 4 heteroatoms. The maximum atomic E-state index is 10.2. The molecule has 3 nitrogen and oxygen atoms in total. The third-order valence-electron chi connectivity index (χ3n) is 3.48. The van der Waals surface area contributed by atoms with Crippen molar-refractivity contribution in [3.8, 4) is 0 Å². The van der Waals surface area contributed by atoms with Crippen LogP contribution in [-0.2, 0) is 4.74 Å². The predicted octanol–water partition coefficient (Wildman–Crippen LogP) is 2.87. The average molecular weight is 284 g/mol. The van der Waals surface area contributed by atoms with E-state index in [0.717, 1.165) is 38.2 Å². The maximum absolute atomic E-state index is 10.2. The molecule has 0 spiro atoms. The summed E-state index contributed by atoms with van der Waals surface area (Å²) < 4.78 is 5.68. The molecule has 0 bridgehead atoms. The second kappa shape index (κ2) is 6.23. The van der Waals surface area contributed by atoms with E-state index in [1.165, 1.54) is 0 Å². The lowest BCUT2D eigenvalue weighted by molar-refractivity contribution is -0.0878. The summed E-state index contributed by atoms with van der Waals surface area (Å²) in [6, 6.07) is 7.41. The molecular formula is C15H22ClNO2. The molecule has 2 rings (SSSR count). The van der Waals surface area contributed by atoms with Gasteiger partial charge in [-0.25, -0.2) is 0 Å². The Morgan fingerprint density at radius 1 is 1.37 bits per heavy atom. The molecule has 106 valence electrons. The van der Waals surface area contributed by atoms with Gasteiger partial charge in [0.15, 0.2) is 0 Å². The molecule has 0 radical (unpaired) electrons. The Labute approximate surface area is 120 Å². The van der Waals surface area contributed by atoms with Gasteiger partial charge in [-0.1, -0.05) is 23.7 Å². The molecule has 1 fully saturated rings. The van der Waals surface area contributed by atoms with E-state index in [0.29, 0.717) is 5.02 Å². The topological polar surface area (TPSA) is 32.7 Å². The van der Waals surface area contributed by atoms with Gasteiger partial charge in [0, 0.05) is 24.7 Å². The van der Waals surface area contributed by atoms with Crippen molar-refractivity contribution < 1.29 is 9.84 Å². The molecule has 1 saturated heterocycles. The first-order valence-corrected chi connectivity index (χ1v) is 7.14. The molecule has 1 aliphatic heterocycles. The molecule has 1 atom stereocenters. The fourth-order valence-corrected chi connectivity index (χ4v) is 2.59. The van der Waals surface area contributed by atoms with Gasteiger partial charge in [0.1, 0.15) is 0 Å². The SMILES string of the molecule is CC1(C)CN(CCC(O)c2ccc(Cl)cc2)CCO1. The minimum absolute atomic E-state index is 0.0799. The van der Waals surface area contributed by atoms with Gasteiger partial charge in [0.05, 0.1) is 18.3 Å². The smallest absolute Gasteiger partial charge is 0.0802 e. The standard InChI is InChI=1S/C15H22ClNO2/c1-15(2)11-17(9-10-19-15)8-7-14(18)12-3-5-13(16)6-4-12/h3-6,14,18H,7-11H2,1-2H3. The highest BCUT2D eigenvalue weighted by Crippen LogP contribution is 2.21. The number of rotatable bonds is 4. The van der Waals surface area contributed by atoms with Crippen molar-refractivity contribution in [1.82, 2.24) is 4.90 Å². The minimum atomic E-state index is -0.428. The van der Waals surface area contributed by atoms with Gasteiger partial charge in [-0.2, -0.15) is 0 Å². The van der Waals surface area contributed by atoms with Crippen molar-refractivity contribution in [3.63, 3.8) is 0 Å². The van der Waals surface area contributed by atoms with Crippen LogP contribution in [0.4, 0.5) is 0 Å². The van der Waals surface area contributed by atoms with Crippen molar-refractivity contribution in [2.75, 3.05) is 26.2 Å². The monoisotopic (exact) mass is 283 g/mol. The summed E-state index contributed by atoms with van der Waals surface area (Å²) in [5, 5.41) is 10.9. The van der Waals surface area contributed by atoms with E-state index in [-0.39, 0.29) is 5.60 Å². The number of hydrogen-bond acceptors (Lipinski definition) is 3. The Morgan fingerprint density at radius 3 is 2.68 bits per heavy atom. The average Bonchev–Trinajstić information content (AvgIpc) is 2.36. The van der Waals surface area contributed by atoms with Crippen molar-refractivity contribution >= 4 is 11.6 Å². The van der Waals surface area contributed by atoms with Gasteiger partial charge < -0.3 is 9.84 Å². The number of nitrogens with zero attached hydrogens (tertiary/aromatic N) is 1. The normalized spacial score (nSPS) is 21.3. The van der Waals surface area contributed by atoms with Gasteiger partial charge in [-0.05, 0) is 38.0 Å². The number of ether oxygens (including phenoxy) is 1. The largest absolute Gasteiger partial charge is 0.388 e. The van der Waals surface area contributed by atoms with Crippen LogP contribution in [0, 0.1) is 0 Å². The Kier molecular flexibility index (Phi) is 4.85. The van der Waals surface area contributed by atoms with E-state index in [2.05, 4.69) is 18.7 Å². The molecule has 1 N–H and O–H groups in total. The summed E-state index contributed by atoms with van der Waals surface area (Å²) in [5.74, 6) is 0. The first kappa shape index (κ1) is 14.8. The van der Waals surface area contributed by atoms with Crippen LogP contribution in [0.1, 0.15) is 31.9 Å². The summed E-state index contributed by atoms with van der Waals surface area (Å²) in [4.78, 5) is 2.35. The summed E-state index contributed by atoms with van der Waals surface area (Å²) in [5.41, 5.74) is 0.848. The summed E-state index contributed by atoms with van der Waals surface area (Å²) in [6.07, 6.45) is 0.306. The zero-order valence-corrected chi connectivity index (χ0v) is 12.4. The molecule has 1 heterocycles. The molecule has 0 aromatic heterocycles. The third-order valence-corrected chi connectivity index (χ3v) is 3.73. The van der Waals surface area contributed by atoms with Crippen molar-refractivity contribution in [3.05, 3.63) is 34.9 Å². The molecule has 0 aliphatic carbocycles. The lowest BCUT2D eigenvalue weighted by Crippen LogP contribution is -2.48. The van der Waals surface area contributed by atoms with Gasteiger partial charge >= 0.3 is 0 Å². The fourth-order valence-electron chi connectivity index (χ4n) is 2.46. The summed E-state index contributed by atoms with van der Waals surface area (Å²) in [6.45, 7) is 7.72. The molecule has 0 saturated carbocycles. The number of aliphatic hydroxyl groups excluding tert-OH is 1. The first-order valence-electron chi connectivity index (χ1n) is 6.76. The highest BCUT2D eigenvalue weighted by Gasteiger charge is 2.27. The quantitative estimate of drug-likeness (QED) is 0.922. The lowest BCUT2D eigenvalue weighted by atomic mass is 10.0. The number of benzene rings is 1. The van der Waals surface area contributed by atoms with E-state index in [1.54, 1.807) is 0 Å².